The Morgan fingerprint density at radius 1 is 1.22 bits per heavy atom. The lowest BCUT2D eigenvalue weighted by molar-refractivity contribution is 0.0972. The van der Waals surface area contributed by atoms with Gasteiger partial charge >= 0.3 is 0 Å². The zero-order valence-corrected chi connectivity index (χ0v) is 16.7. The van der Waals surface area contributed by atoms with Crippen molar-refractivity contribution in [3.05, 3.63) is 80.9 Å². The Morgan fingerprint density at radius 3 is 2.85 bits per heavy atom. The van der Waals surface area contributed by atoms with Gasteiger partial charge in [0.25, 0.3) is 0 Å². The summed E-state index contributed by atoms with van der Waals surface area (Å²) in [6, 6.07) is 17.5. The lowest BCUT2D eigenvalue weighted by Crippen LogP contribution is -2.15. The Labute approximate surface area is 172 Å². The number of carbonyl (C=O) groups is 1. The molecular weight excluding hydrogens is 476 g/mol. The zero-order chi connectivity index (χ0) is 19.0. The SMILES string of the molecule is N#CC(C(=O)c1cccn1-c1cccc(I)c1)c1nc2cc(F)ccc2s1. The van der Waals surface area contributed by atoms with Crippen LogP contribution >= 0.6 is 33.9 Å². The molecule has 2 heterocycles. The van der Waals surface area contributed by atoms with Crippen LogP contribution in [0, 0.1) is 20.7 Å². The summed E-state index contributed by atoms with van der Waals surface area (Å²) < 4.78 is 17.0. The number of ketones is 1. The third-order valence-corrected chi connectivity index (χ3v) is 5.86. The van der Waals surface area contributed by atoms with Gasteiger partial charge in [-0.05, 0) is 65.1 Å². The van der Waals surface area contributed by atoms with E-state index in [-0.39, 0.29) is 5.78 Å². The molecule has 27 heavy (non-hydrogen) atoms. The van der Waals surface area contributed by atoms with Crippen LogP contribution in [0.3, 0.4) is 0 Å². The molecule has 2 aromatic carbocycles. The van der Waals surface area contributed by atoms with Crippen LogP contribution in [0.4, 0.5) is 4.39 Å². The highest BCUT2D eigenvalue weighted by molar-refractivity contribution is 14.1. The number of fused-ring (bicyclic) bond motifs is 1. The van der Waals surface area contributed by atoms with Gasteiger partial charge in [0.1, 0.15) is 10.8 Å². The molecule has 0 fully saturated rings. The summed E-state index contributed by atoms with van der Waals surface area (Å²) in [6.07, 6.45) is 1.79. The lowest BCUT2D eigenvalue weighted by atomic mass is 10.0. The summed E-state index contributed by atoms with van der Waals surface area (Å²) in [5.74, 6) is -1.77. The van der Waals surface area contributed by atoms with Crippen molar-refractivity contribution in [3.63, 3.8) is 0 Å². The van der Waals surface area contributed by atoms with Gasteiger partial charge in [0.2, 0.25) is 5.78 Å². The van der Waals surface area contributed by atoms with Crippen LogP contribution in [0.2, 0.25) is 0 Å². The number of nitriles is 1. The summed E-state index contributed by atoms with van der Waals surface area (Å²) >= 11 is 3.45. The molecule has 1 unspecified atom stereocenters. The molecule has 0 radical (unpaired) electrons. The minimum absolute atomic E-state index is 0.333. The minimum atomic E-state index is -1.04. The summed E-state index contributed by atoms with van der Waals surface area (Å²) in [6.45, 7) is 0. The van der Waals surface area contributed by atoms with Gasteiger partial charge in [-0.2, -0.15) is 5.26 Å². The van der Waals surface area contributed by atoms with Crippen molar-refractivity contribution in [2.24, 2.45) is 0 Å². The van der Waals surface area contributed by atoms with Crippen LogP contribution in [-0.2, 0) is 0 Å². The molecule has 0 amide bonds. The van der Waals surface area contributed by atoms with E-state index in [0.717, 1.165) is 14.0 Å². The zero-order valence-electron chi connectivity index (χ0n) is 13.8. The first-order chi connectivity index (χ1) is 13.1. The lowest BCUT2D eigenvalue weighted by Gasteiger charge is -2.11. The second-order valence-electron chi connectivity index (χ2n) is 5.83. The van der Waals surface area contributed by atoms with Crippen molar-refractivity contribution in [1.82, 2.24) is 9.55 Å². The normalized spacial score (nSPS) is 12.0. The van der Waals surface area contributed by atoms with E-state index in [1.165, 1.54) is 23.5 Å². The second kappa shape index (κ2) is 7.21. The monoisotopic (exact) mass is 487 g/mol. The van der Waals surface area contributed by atoms with E-state index in [2.05, 4.69) is 33.6 Å². The summed E-state index contributed by atoms with van der Waals surface area (Å²) in [5, 5.41) is 10.0. The van der Waals surface area contributed by atoms with Crippen molar-refractivity contribution in [3.8, 4) is 11.8 Å². The number of nitrogens with zero attached hydrogens (tertiary/aromatic N) is 3. The Kier molecular flexibility index (Phi) is 4.76. The van der Waals surface area contributed by atoms with E-state index in [4.69, 9.17) is 0 Å². The Balaban J connectivity index is 1.75. The average Bonchev–Trinajstić information content (AvgIpc) is 3.28. The molecule has 132 valence electrons. The fraction of sp³-hybridized carbons (Fsp3) is 0.0500. The molecule has 4 rings (SSSR count). The quantitative estimate of drug-likeness (QED) is 0.289. The van der Waals surface area contributed by atoms with Crippen LogP contribution in [0.5, 0.6) is 0 Å². The van der Waals surface area contributed by atoms with Crippen molar-refractivity contribution in [2.45, 2.75) is 5.92 Å². The predicted octanol–water partition coefficient (Wildman–Crippen LogP) is 5.32. The topological polar surface area (TPSA) is 58.7 Å². The van der Waals surface area contributed by atoms with E-state index in [9.17, 15) is 14.4 Å². The van der Waals surface area contributed by atoms with Crippen molar-refractivity contribution < 1.29 is 9.18 Å². The Bertz CT molecular complexity index is 1210. The maximum Gasteiger partial charge on any atom is 0.203 e. The van der Waals surface area contributed by atoms with Gasteiger partial charge in [-0.3, -0.25) is 4.79 Å². The number of thiazole rings is 1. The molecule has 0 N–H and O–H groups in total. The van der Waals surface area contributed by atoms with Gasteiger partial charge in [-0.15, -0.1) is 11.3 Å². The maximum absolute atomic E-state index is 13.4. The van der Waals surface area contributed by atoms with Crippen molar-refractivity contribution >= 4 is 49.9 Å². The number of Topliss-reactive ketones (excluding diaryl/α,β-unsaturated/α-hetero) is 1. The molecule has 0 saturated heterocycles. The molecule has 2 aromatic heterocycles. The van der Waals surface area contributed by atoms with Crippen LogP contribution < -0.4 is 0 Å². The van der Waals surface area contributed by atoms with E-state index in [0.29, 0.717) is 16.2 Å². The molecule has 7 heteroatoms. The van der Waals surface area contributed by atoms with Crippen LogP contribution in [0.25, 0.3) is 15.9 Å². The molecule has 4 aromatic rings. The van der Waals surface area contributed by atoms with Gasteiger partial charge in [-0.1, -0.05) is 6.07 Å². The number of halogens is 2. The molecule has 0 aliphatic carbocycles. The highest BCUT2D eigenvalue weighted by Gasteiger charge is 2.27. The molecule has 0 saturated carbocycles. The molecule has 4 nitrogen and oxygen atoms in total. The van der Waals surface area contributed by atoms with Gasteiger partial charge in [-0.25, -0.2) is 9.37 Å². The van der Waals surface area contributed by atoms with Crippen molar-refractivity contribution in [2.75, 3.05) is 0 Å². The molecular formula is C20H11FIN3OS. The summed E-state index contributed by atoms with van der Waals surface area (Å²) in [4.78, 5) is 17.4. The second-order valence-corrected chi connectivity index (χ2v) is 8.14. The maximum atomic E-state index is 13.4. The fourth-order valence-corrected chi connectivity index (χ4v) is 4.37. The number of hydrogen-bond donors (Lipinski definition) is 0. The van der Waals surface area contributed by atoms with Crippen LogP contribution in [0.1, 0.15) is 21.4 Å². The highest BCUT2D eigenvalue weighted by Crippen LogP contribution is 2.30. The molecule has 0 spiro atoms. The third kappa shape index (κ3) is 3.38. The molecule has 0 bridgehead atoms. The molecule has 0 aliphatic heterocycles. The number of hydrogen-bond acceptors (Lipinski definition) is 4. The van der Waals surface area contributed by atoms with E-state index in [1.54, 1.807) is 29.0 Å². The smallest absolute Gasteiger partial charge is 0.203 e. The van der Waals surface area contributed by atoms with Gasteiger partial charge in [0.15, 0.2) is 5.92 Å². The fourth-order valence-electron chi connectivity index (χ4n) is 2.85. The number of carbonyl (C=O) groups excluding carboxylic acids is 1. The Morgan fingerprint density at radius 2 is 2.07 bits per heavy atom. The van der Waals surface area contributed by atoms with E-state index < -0.39 is 11.7 Å². The molecule has 1 atom stereocenters. The van der Waals surface area contributed by atoms with Gasteiger partial charge < -0.3 is 4.57 Å². The number of aromatic nitrogens is 2. The average molecular weight is 487 g/mol. The first-order valence-corrected chi connectivity index (χ1v) is 9.89. The van der Waals surface area contributed by atoms with Crippen LogP contribution in [-0.4, -0.2) is 15.3 Å². The summed E-state index contributed by atoms with van der Waals surface area (Å²) in [5.41, 5.74) is 1.71. The third-order valence-electron chi connectivity index (χ3n) is 4.09. The first kappa shape index (κ1) is 17.8. The number of benzene rings is 2. The van der Waals surface area contributed by atoms with E-state index in [1.807, 2.05) is 24.3 Å². The largest absolute Gasteiger partial charge is 0.314 e. The predicted molar refractivity (Wildman–Crippen MR) is 111 cm³/mol. The van der Waals surface area contributed by atoms with E-state index >= 15 is 0 Å². The highest BCUT2D eigenvalue weighted by atomic mass is 127. The van der Waals surface area contributed by atoms with Crippen molar-refractivity contribution in [1.29, 1.82) is 5.26 Å². The van der Waals surface area contributed by atoms with Gasteiger partial charge in [0.05, 0.1) is 22.0 Å². The Hall–Kier alpha value is -2.57. The number of rotatable bonds is 4. The van der Waals surface area contributed by atoms with Crippen LogP contribution in [0.15, 0.2) is 60.8 Å². The minimum Gasteiger partial charge on any atom is -0.314 e. The molecule has 0 aliphatic rings. The standard InChI is InChI=1S/C20H11FIN3OS/c21-12-6-7-18-16(9-12)24-20(27-18)15(11-23)19(26)17-5-2-8-25(17)14-4-1-3-13(22)10-14/h1-10,15H. The summed E-state index contributed by atoms with van der Waals surface area (Å²) in [7, 11) is 0. The van der Waals surface area contributed by atoms with Gasteiger partial charge in [0, 0.05) is 21.5 Å². The first-order valence-electron chi connectivity index (χ1n) is 8.00.